The lowest BCUT2D eigenvalue weighted by Gasteiger charge is -2.33. The van der Waals surface area contributed by atoms with Crippen LogP contribution in [0.5, 0.6) is 0 Å². The maximum absolute atomic E-state index is 5.32. The molecule has 0 atom stereocenters. The first-order chi connectivity index (χ1) is 9.17. The molecule has 0 amide bonds. The summed E-state index contributed by atoms with van der Waals surface area (Å²) in [6.07, 6.45) is 2.07. The van der Waals surface area contributed by atoms with Crippen LogP contribution in [0.25, 0.3) is 0 Å². The lowest BCUT2D eigenvalue weighted by molar-refractivity contribution is 0.131. The zero-order chi connectivity index (χ0) is 13.7. The molecule has 1 aromatic carbocycles. The zero-order valence-corrected chi connectivity index (χ0v) is 13.0. The lowest BCUT2D eigenvalue weighted by Crippen LogP contribution is -2.53. The second-order valence-electron chi connectivity index (χ2n) is 4.58. The van der Waals surface area contributed by atoms with E-state index in [2.05, 4.69) is 46.1 Å². The van der Waals surface area contributed by atoms with Gasteiger partial charge in [-0.3, -0.25) is 5.43 Å². The summed E-state index contributed by atoms with van der Waals surface area (Å²) in [4.78, 5) is 3.57. The highest BCUT2D eigenvalue weighted by molar-refractivity contribution is 7.98. The Morgan fingerprint density at radius 2 is 1.79 bits per heavy atom. The molecule has 2 rings (SSSR count). The Labute approximate surface area is 124 Å². The highest BCUT2D eigenvalue weighted by atomic mass is 32.2. The fraction of sp³-hybridized carbons (Fsp3) is 0.462. The smallest absolute Gasteiger partial charge is 0.185 e. The molecular weight excluding hydrogens is 276 g/mol. The molecule has 0 aromatic heterocycles. The molecular formula is C13H20N4S2. The van der Waals surface area contributed by atoms with E-state index in [4.69, 9.17) is 12.2 Å². The Balaban J connectivity index is 1.80. The Kier molecular flexibility index (Phi) is 5.45. The van der Waals surface area contributed by atoms with E-state index in [-0.39, 0.29) is 0 Å². The third kappa shape index (κ3) is 4.65. The topological polar surface area (TPSA) is 30.5 Å². The SMILES string of the molecule is CSc1ccc(NC(=S)NN2CCN(C)CC2)cc1. The van der Waals surface area contributed by atoms with Crippen molar-refractivity contribution in [3.8, 4) is 0 Å². The molecule has 4 nitrogen and oxygen atoms in total. The average Bonchev–Trinajstić information content (AvgIpc) is 2.42. The van der Waals surface area contributed by atoms with E-state index >= 15 is 0 Å². The van der Waals surface area contributed by atoms with Crippen LogP contribution in [0.4, 0.5) is 5.69 Å². The lowest BCUT2D eigenvalue weighted by atomic mass is 10.3. The van der Waals surface area contributed by atoms with E-state index in [1.165, 1.54) is 4.90 Å². The summed E-state index contributed by atoms with van der Waals surface area (Å²) in [5, 5.41) is 6.02. The number of thiocarbonyl (C=S) groups is 1. The van der Waals surface area contributed by atoms with Crippen molar-refractivity contribution >= 4 is 34.8 Å². The highest BCUT2D eigenvalue weighted by Crippen LogP contribution is 2.17. The number of likely N-dealkylation sites (N-methyl/N-ethyl adjacent to an activating group) is 1. The van der Waals surface area contributed by atoms with Gasteiger partial charge in [-0.2, -0.15) is 0 Å². The summed E-state index contributed by atoms with van der Waals surface area (Å²) >= 11 is 7.06. The number of anilines is 1. The summed E-state index contributed by atoms with van der Waals surface area (Å²) in [5.41, 5.74) is 4.26. The zero-order valence-electron chi connectivity index (χ0n) is 11.3. The van der Waals surface area contributed by atoms with Gasteiger partial charge in [-0.25, -0.2) is 5.01 Å². The molecule has 1 aliphatic rings. The van der Waals surface area contributed by atoms with Crippen LogP contribution in [0, 0.1) is 0 Å². The summed E-state index contributed by atoms with van der Waals surface area (Å²) in [7, 11) is 2.14. The van der Waals surface area contributed by atoms with Gasteiger partial charge in [0.1, 0.15) is 0 Å². The number of hydrazine groups is 1. The van der Waals surface area contributed by atoms with Gasteiger partial charge in [-0.05, 0) is 49.8 Å². The molecule has 6 heteroatoms. The van der Waals surface area contributed by atoms with Gasteiger partial charge in [0.15, 0.2) is 5.11 Å². The molecule has 1 saturated heterocycles. The van der Waals surface area contributed by atoms with Crippen molar-refractivity contribution < 1.29 is 0 Å². The number of nitrogens with one attached hydrogen (secondary N) is 2. The summed E-state index contributed by atoms with van der Waals surface area (Å²) in [5.74, 6) is 0. The number of benzene rings is 1. The van der Waals surface area contributed by atoms with Gasteiger partial charge in [-0.15, -0.1) is 11.8 Å². The number of nitrogens with zero attached hydrogens (tertiary/aromatic N) is 2. The predicted octanol–water partition coefficient (Wildman–Crippen LogP) is 1.86. The van der Waals surface area contributed by atoms with Crippen molar-refractivity contribution in [1.82, 2.24) is 15.3 Å². The Bertz CT molecular complexity index is 413. The van der Waals surface area contributed by atoms with E-state index in [1.807, 2.05) is 12.1 Å². The molecule has 0 aliphatic carbocycles. The van der Waals surface area contributed by atoms with Crippen LogP contribution in [0.3, 0.4) is 0 Å². The van der Waals surface area contributed by atoms with Crippen LogP contribution in [0.2, 0.25) is 0 Å². The van der Waals surface area contributed by atoms with Crippen molar-refractivity contribution in [2.75, 3.05) is 44.8 Å². The van der Waals surface area contributed by atoms with E-state index in [0.717, 1.165) is 31.9 Å². The van der Waals surface area contributed by atoms with E-state index in [9.17, 15) is 0 Å². The normalized spacial score (nSPS) is 17.2. The molecule has 0 unspecified atom stereocenters. The Morgan fingerprint density at radius 3 is 2.37 bits per heavy atom. The monoisotopic (exact) mass is 296 g/mol. The molecule has 19 heavy (non-hydrogen) atoms. The standard InChI is InChI=1S/C13H20N4S2/c1-16-7-9-17(10-8-16)15-13(18)14-11-3-5-12(19-2)6-4-11/h3-6H,7-10H2,1-2H3,(H2,14,15,18). The fourth-order valence-electron chi connectivity index (χ4n) is 1.90. The number of hydrogen-bond donors (Lipinski definition) is 2. The van der Waals surface area contributed by atoms with Gasteiger partial charge in [0, 0.05) is 36.8 Å². The quantitative estimate of drug-likeness (QED) is 0.654. The second-order valence-corrected chi connectivity index (χ2v) is 5.87. The van der Waals surface area contributed by atoms with Crippen molar-refractivity contribution in [1.29, 1.82) is 0 Å². The van der Waals surface area contributed by atoms with E-state index in [1.54, 1.807) is 11.8 Å². The summed E-state index contributed by atoms with van der Waals surface area (Å²) in [6.45, 7) is 4.11. The first kappa shape index (κ1) is 14.6. The molecule has 2 N–H and O–H groups in total. The Morgan fingerprint density at radius 1 is 1.16 bits per heavy atom. The summed E-state index contributed by atoms with van der Waals surface area (Å²) in [6, 6.07) is 8.27. The molecule has 1 aliphatic heterocycles. The highest BCUT2D eigenvalue weighted by Gasteiger charge is 2.14. The number of hydrogen-bond acceptors (Lipinski definition) is 4. The maximum Gasteiger partial charge on any atom is 0.185 e. The third-order valence-electron chi connectivity index (χ3n) is 3.11. The van der Waals surface area contributed by atoms with Crippen LogP contribution in [-0.2, 0) is 0 Å². The Hall–Kier alpha value is -0.820. The van der Waals surface area contributed by atoms with E-state index < -0.39 is 0 Å². The molecule has 1 heterocycles. The first-order valence-corrected chi connectivity index (χ1v) is 7.96. The molecule has 0 saturated carbocycles. The largest absolute Gasteiger partial charge is 0.332 e. The van der Waals surface area contributed by atoms with Crippen LogP contribution in [-0.4, -0.2) is 54.5 Å². The maximum atomic E-state index is 5.32. The molecule has 0 bridgehead atoms. The van der Waals surface area contributed by atoms with Gasteiger partial charge >= 0.3 is 0 Å². The van der Waals surface area contributed by atoms with Crippen LogP contribution >= 0.6 is 24.0 Å². The predicted molar refractivity (Wildman–Crippen MR) is 86.6 cm³/mol. The van der Waals surface area contributed by atoms with Crippen LogP contribution in [0.15, 0.2) is 29.2 Å². The molecule has 1 aromatic rings. The number of thioether (sulfide) groups is 1. The number of piperazine rings is 1. The fourth-order valence-corrected chi connectivity index (χ4v) is 2.55. The van der Waals surface area contributed by atoms with Gasteiger partial charge in [-0.1, -0.05) is 0 Å². The average molecular weight is 296 g/mol. The second kappa shape index (κ2) is 7.09. The molecule has 0 spiro atoms. The van der Waals surface area contributed by atoms with Crippen LogP contribution in [0.1, 0.15) is 0 Å². The van der Waals surface area contributed by atoms with E-state index in [0.29, 0.717) is 5.11 Å². The van der Waals surface area contributed by atoms with Gasteiger partial charge in [0.25, 0.3) is 0 Å². The van der Waals surface area contributed by atoms with Gasteiger partial charge in [0.2, 0.25) is 0 Å². The third-order valence-corrected chi connectivity index (χ3v) is 4.05. The van der Waals surface area contributed by atoms with Crippen molar-refractivity contribution in [3.63, 3.8) is 0 Å². The summed E-state index contributed by atoms with van der Waals surface area (Å²) < 4.78 is 0. The van der Waals surface area contributed by atoms with Crippen molar-refractivity contribution in [3.05, 3.63) is 24.3 Å². The van der Waals surface area contributed by atoms with Crippen LogP contribution < -0.4 is 10.7 Å². The minimum absolute atomic E-state index is 0.654. The van der Waals surface area contributed by atoms with Crippen molar-refractivity contribution in [2.45, 2.75) is 4.90 Å². The molecule has 0 radical (unpaired) electrons. The van der Waals surface area contributed by atoms with Gasteiger partial charge < -0.3 is 10.2 Å². The molecule has 1 fully saturated rings. The molecule has 104 valence electrons. The number of rotatable bonds is 3. The first-order valence-electron chi connectivity index (χ1n) is 6.32. The van der Waals surface area contributed by atoms with Crippen molar-refractivity contribution in [2.24, 2.45) is 0 Å². The minimum Gasteiger partial charge on any atom is -0.332 e. The minimum atomic E-state index is 0.654. The van der Waals surface area contributed by atoms with Gasteiger partial charge in [0.05, 0.1) is 0 Å².